The summed E-state index contributed by atoms with van der Waals surface area (Å²) in [6.07, 6.45) is 4.39. The van der Waals surface area contributed by atoms with Crippen molar-refractivity contribution in [3.05, 3.63) is 29.8 Å². The molecule has 0 unspecified atom stereocenters. The lowest BCUT2D eigenvalue weighted by Crippen LogP contribution is -2.69. The van der Waals surface area contributed by atoms with Crippen molar-refractivity contribution in [2.24, 2.45) is 5.92 Å². The monoisotopic (exact) mass is 286 g/mol. The van der Waals surface area contributed by atoms with Gasteiger partial charge in [0, 0.05) is 24.1 Å². The van der Waals surface area contributed by atoms with Gasteiger partial charge in [-0.05, 0) is 24.5 Å². The van der Waals surface area contributed by atoms with Crippen LogP contribution >= 0.6 is 0 Å². The quantitative estimate of drug-likeness (QED) is 0.874. The van der Waals surface area contributed by atoms with Crippen LogP contribution in [-0.2, 0) is 4.79 Å². The number of anilines is 1. The average molecular weight is 286 g/mol. The minimum atomic E-state index is -0.0358. The molecule has 0 bridgehead atoms. The molecule has 0 radical (unpaired) electrons. The highest BCUT2D eigenvalue weighted by Gasteiger charge is 2.54. The van der Waals surface area contributed by atoms with Crippen LogP contribution in [0.4, 0.5) is 5.69 Å². The highest BCUT2D eigenvalue weighted by molar-refractivity contribution is 5.82. The molecule has 2 heterocycles. The standard InChI is InChI=1S/C17H22N2O2/c20-10-15-16-12-7-3-4-8-13(12)18-9-14(16)19(15)17(21)11-5-1-2-6-11/h3-4,7-8,11,14-16,18,20H,1-2,5-6,9-10H2/t14-,15-,16+/m1/s1. The highest BCUT2D eigenvalue weighted by Crippen LogP contribution is 2.47. The summed E-state index contributed by atoms with van der Waals surface area (Å²) in [5.41, 5.74) is 2.41. The maximum absolute atomic E-state index is 12.8. The predicted octanol–water partition coefficient (Wildman–Crippen LogP) is 1.96. The van der Waals surface area contributed by atoms with E-state index in [9.17, 15) is 9.90 Å². The summed E-state index contributed by atoms with van der Waals surface area (Å²) in [5, 5.41) is 13.2. The second-order valence-electron chi connectivity index (χ2n) is 6.54. The number of nitrogens with zero attached hydrogens (tertiary/aromatic N) is 1. The minimum absolute atomic E-state index is 0.0358. The zero-order valence-electron chi connectivity index (χ0n) is 12.2. The molecule has 112 valence electrons. The van der Waals surface area contributed by atoms with Crippen LogP contribution in [0.2, 0.25) is 0 Å². The van der Waals surface area contributed by atoms with Crippen LogP contribution in [0.5, 0.6) is 0 Å². The van der Waals surface area contributed by atoms with E-state index in [1.54, 1.807) is 0 Å². The summed E-state index contributed by atoms with van der Waals surface area (Å²) in [5.74, 6) is 0.754. The van der Waals surface area contributed by atoms with Gasteiger partial charge in [0.15, 0.2) is 0 Å². The van der Waals surface area contributed by atoms with E-state index in [4.69, 9.17) is 0 Å². The number of para-hydroxylation sites is 1. The molecular formula is C17H22N2O2. The summed E-state index contributed by atoms with van der Waals surface area (Å²) < 4.78 is 0. The molecule has 1 aliphatic carbocycles. The molecule has 2 N–H and O–H groups in total. The molecule has 4 nitrogen and oxygen atoms in total. The Balaban J connectivity index is 1.61. The fourth-order valence-electron chi connectivity index (χ4n) is 4.46. The van der Waals surface area contributed by atoms with Gasteiger partial charge in [-0.15, -0.1) is 0 Å². The Morgan fingerprint density at radius 2 is 2.05 bits per heavy atom. The molecule has 2 fully saturated rings. The Hall–Kier alpha value is -1.55. The molecule has 3 aliphatic rings. The largest absolute Gasteiger partial charge is 0.394 e. The second kappa shape index (κ2) is 5.02. The van der Waals surface area contributed by atoms with Crippen molar-refractivity contribution < 1.29 is 9.90 Å². The van der Waals surface area contributed by atoms with Crippen molar-refractivity contribution in [3.8, 4) is 0 Å². The third-order valence-corrected chi connectivity index (χ3v) is 5.51. The zero-order chi connectivity index (χ0) is 14.4. The molecule has 4 rings (SSSR count). The van der Waals surface area contributed by atoms with Gasteiger partial charge in [-0.1, -0.05) is 31.0 Å². The smallest absolute Gasteiger partial charge is 0.226 e. The average Bonchev–Trinajstić information content (AvgIpc) is 3.02. The first-order valence-corrected chi connectivity index (χ1v) is 8.07. The van der Waals surface area contributed by atoms with E-state index >= 15 is 0 Å². The molecule has 2 aliphatic heterocycles. The number of rotatable bonds is 2. The fourth-order valence-corrected chi connectivity index (χ4v) is 4.46. The van der Waals surface area contributed by atoms with Gasteiger partial charge >= 0.3 is 0 Å². The van der Waals surface area contributed by atoms with E-state index in [-0.39, 0.29) is 36.4 Å². The van der Waals surface area contributed by atoms with Crippen LogP contribution in [0.3, 0.4) is 0 Å². The van der Waals surface area contributed by atoms with Crippen molar-refractivity contribution in [3.63, 3.8) is 0 Å². The van der Waals surface area contributed by atoms with Crippen LogP contribution in [0.1, 0.15) is 37.2 Å². The van der Waals surface area contributed by atoms with Gasteiger partial charge in [0.25, 0.3) is 0 Å². The number of benzene rings is 1. The SMILES string of the molecule is O=C(C1CCCC1)N1[C@H](CO)[C@H]2c3ccccc3NC[C@H]21. The van der Waals surface area contributed by atoms with Crippen LogP contribution in [0.25, 0.3) is 0 Å². The molecule has 1 aromatic rings. The first-order chi connectivity index (χ1) is 10.3. The molecule has 0 spiro atoms. The lowest BCUT2D eigenvalue weighted by Gasteiger charge is -2.58. The van der Waals surface area contributed by atoms with Crippen molar-refractivity contribution in [2.75, 3.05) is 18.5 Å². The van der Waals surface area contributed by atoms with Gasteiger partial charge in [0.2, 0.25) is 5.91 Å². The van der Waals surface area contributed by atoms with Gasteiger partial charge in [0.05, 0.1) is 18.7 Å². The number of hydrogen-bond acceptors (Lipinski definition) is 3. The number of aliphatic hydroxyl groups is 1. The number of carbonyl (C=O) groups is 1. The van der Waals surface area contributed by atoms with Crippen molar-refractivity contribution >= 4 is 11.6 Å². The maximum Gasteiger partial charge on any atom is 0.226 e. The van der Waals surface area contributed by atoms with Crippen LogP contribution < -0.4 is 5.32 Å². The number of aliphatic hydroxyl groups excluding tert-OH is 1. The Kier molecular flexibility index (Phi) is 3.14. The number of carbonyl (C=O) groups excluding carboxylic acids is 1. The fraction of sp³-hybridized carbons (Fsp3) is 0.588. The molecule has 3 atom stereocenters. The first kappa shape index (κ1) is 13.1. The summed E-state index contributed by atoms with van der Waals surface area (Å²) in [7, 11) is 0. The summed E-state index contributed by atoms with van der Waals surface area (Å²) in [6, 6.07) is 8.45. The number of likely N-dealkylation sites (tertiary alicyclic amines) is 1. The van der Waals surface area contributed by atoms with E-state index < -0.39 is 0 Å². The molecule has 1 saturated carbocycles. The highest BCUT2D eigenvalue weighted by atomic mass is 16.3. The second-order valence-corrected chi connectivity index (χ2v) is 6.54. The third kappa shape index (κ3) is 1.89. The summed E-state index contributed by atoms with van der Waals surface area (Å²) in [6.45, 7) is 0.866. The number of nitrogens with one attached hydrogen (secondary N) is 1. The molecule has 1 saturated heterocycles. The van der Waals surface area contributed by atoms with E-state index in [0.29, 0.717) is 0 Å². The zero-order valence-corrected chi connectivity index (χ0v) is 12.2. The van der Waals surface area contributed by atoms with Gasteiger partial charge in [-0.2, -0.15) is 0 Å². The summed E-state index contributed by atoms with van der Waals surface area (Å²) in [4.78, 5) is 14.7. The number of hydrogen-bond donors (Lipinski definition) is 2. The Morgan fingerprint density at radius 3 is 2.81 bits per heavy atom. The van der Waals surface area contributed by atoms with Gasteiger partial charge in [0.1, 0.15) is 0 Å². The van der Waals surface area contributed by atoms with E-state index in [1.807, 2.05) is 17.0 Å². The van der Waals surface area contributed by atoms with Crippen LogP contribution in [0, 0.1) is 5.92 Å². The number of amides is 1. The Bertz CT molecular complexity index is 553. The Labute approximate surface area is 125 Å². The van der Waals surface area contributed by atoms with Crippen LogP contribution in [0.15, 0.2) is 24.3 Å². The minimum Gasteiger partial charge on any atom is -0.394 e. The lowest BCUT2D eigenvalue weighted by atomic mass is 9.72. The molecule has 4 heteroatoms. The van der Waals surface area contributed by atoms with E-state index in [1.165, 1.54) is 18.4 Å². The van der Waals surface area contributed by atoms with Crippen molar-refractivity contribution in [1.82, 2.24) is 4.90 Å². The van der Waals surface area contributed by atoms with Crippen LogP contribution in [-0.4, -0.2) is 41.1 Å². The van der Waals surface area contributed by atoms with E-state index in [0.717, 1.165) is 25.1 Å². The van der Waals surface area contributed by atoms with Gasteiger partial charge < -0.3 is 15.3 Å². The third-order valence-electron chi connectivity index (χ3n) is 5.51. The summed E-state index contributed by atoms with van der Waals surface area (Å²) >= 11 is 0. The van der Waals surface area contributed by atoms with E-state index in [2.05, 4.69) is 17.4 Å². The molecular weight excluding hydrogens is 264 g/mol. The molecule has 1 aromatic carbocycles. The topological polar surface area (TPSA) is 52.6 Å². The van der Waals surface area contributed by atoms with Gasteiger partial charge in [-0.3, -0.25) is 4.79 Å². The van der Waals surface area contributed by atoms with Gasteiger partial charge in [-0.25, -0.2) is 0 Å². The normalized spacial score (nSPS) is 31.1. The van der Waals surface area contributed by atoms with Crippen molar-refractivity contribution in [2.45, 2.75) is 43.7 Å². The first-order valence-electron chi connectivity index (χ1n) is 8.07. The lowest BCUT2D eigenvalue weighted by molar-refractivity contribution is -0.154. The Morgan fingerprint density at radius 1 is 1.29 bits per heavy atom. The number of fused-ring (bicyclic) bond motifs is 3. The maximum atomic E-state index is 12.8. The molecule has 0 aromatic heterocycles. The molecule has 21 heavy (non-hydrogen) atoms. The predicted molar refractivity (Wildman–Crippen MR) is 81.1 cm³/mol. The van der Waals surface area contributed by atoms with Crippen molar-refractivity contribution in [1.29, 1.82) is 0 Å². The molecule has 1 amide bonds.